The van der Waals surface area contributed by atoms with Crippen molar-refractivity contribution in [3.05, 3.63) is 10.6 Å². The van der Waals surface area contributed by atoms with Gasteiger partial charge in [-0.25, -0.2) is 4.98 Å². The number of nitrogens with two attached hydrogens (primary N) is 1. The molecule has 0 spiro atoms. The minimum Gasteiger partial charge on any atom is -0.375 e. The molecule has 1 aliphatic carbocycles. The normalized spacial score (nSPS) is 20.1. The quantitative estimate of drug-likeness (QED) is 0.881. The molecule has 0 aromatic carbocycles. The Morgan fingerprint density at radius 1 is 1.50 bits per heavy atom. The highest BCUT2D eigenvalue weighted by Gasteiger charge is 2.32. The third-order valence-electron chi connectivity index (χ3n) is 3.97. The van der Waals surface area contributed by atoms with Crippen LogP contribution < -0.4 is 5.73 Å². The molecule has 16 heavy (non-hydrogen) atoms. The molecule has 4 heteroatoms. The lowest BCUT2D eigenvalue weighted by Gasteiger charge is -2.35. The first-order chi connectivity index (χ1) is 7.03. The van der Waals surface area contributed by atoms with Crippen LogP contribution in [0.3, 0.4) is 0 Å². The Hall–Kier alpha value is -0.280. The van der Waals surface area contributed by atoms with Gasteiger partial charge >= 0.3 is 0 Å². The van der Waals surface area contributed by atoms with Gasteiger partial charge in [0.25, 0.3) is 0 Å². The minimum atomic E-state index is 0. The third-order valence-corrected chi connectivity index (χ3v) is 4.92. The summed E-state index contributed by atoms with van der Waals surface area (Å²) >= 11 is 1.69. The highest BCUT2D eigenvalue weighted by Crippen LogP contribution is 2.41. The van der Waals surface area contributed by atoms with E-state index >= 15 is 0 Å². The molecule has 0 bridgehead atoms. The van der Waals surface area contributed by atoms with Crippen LogP contribution >= 0.6 is 23.7 Å². The Labute approximate surface area is 108 Å². The number of fused-ring (bicyclic) bond motifs is 1. The van der Waals surface area contributed by atoms with Crippen molar-refractivity contribution in [3.8, 4) is 0 Å². The number of halogens is 1. The molecule has 1 aromatic heterocycles. The van der Waals surface area contributed by atoms with Crippen LogP contribution in [-0.2, 0) is 12.8 Å². The van der Waals surface area contributed by atoms with Gasteiger partial charge in [0.15, 0.2) is 5.13 Å². The van der Waals surface area contributed by atoms with Crippen molar-refractivity contribution in [2.24, 2.45) is 11.3 Å². The molecule has 0 radical (unpaired) electrons. The monoisotopic (exact) mass is 260 g/mol. The van der Waals surface area contributed by atoms with Gasteiger partial charge in [0, 0.05) is 4.88 Å². The maximum atomic E-state index is 5.75. The number of aromatic nitrogens is 1. The standard InChI is InChI=1S/C12H20N2S.ClH/c1-4-12(2,3)8-5-6-9-10(7-8)15-11(13)14-9;/h8H,4-7H2,1-3H3,(H2,13,14);1H. The predicted molar refractivity (Wildman–Crippen MR) is 73.4 cm³/mol. The molecule has 0 aliphatic heterocycles. The summed E-state index contributed by atoms with van der Waals surface area (Å²) in [7, 11) is 0. The summed E-state index contributed by atoms with van der Waals surface area (Å²) in [6.45, 7) is 7.05. The lowest BCUT2D eigenvalue weighted by Crippen LogP contribution is -2.28. The van der Waals surface area contributed by atoms with E-state index in [0.717, 1.165) is 17.5 Å². The van der Waals surface area contributed by atoms with E-state index in [4.69, 9.17) is 5.73 Å². The van der Waals surface area contributed by atoms with Crippen molar-refractivity contribution in [1.29, 1.82) is 0 Å². The summed E-state index contributed by atoms with van der Waals surface area (Å²) < 4.78 is 0. The molecule has 0 saturated heterocycles. The van der Waals surface area contributed by atoms with Crippen LogP contribution in [0, 0.1) is 11.3 Å². The van der Waals surface area contributed by atoms with Crippen molar-refractivity contribution < 1.29 is 0 Å². The molecule has 2 nitrogen and oxygen atoms in total. The van der Waals surface area contributed by atoms with Crippen LogP contribution in [0.2, 0.25) is 0 Å². The van der Waals surface area contributed by atoms with Crippen LogP contribution in [-0.4, -0.2) is 4.98 Å². The van der Waals surface area contributed by atoms with Gasteiger partial charge in [0.1, 0.15) is 0 Å². The number of rotatable bonds is 2. The molecule has 1 aromatic rings. The molecule has 1 heterocycles. The Morgan fingerprint density at radius 2 is 2.19 bits per heavy atom. The predicted octanol–water partition coefficient (Wildman–Crippen LogP) is 3.69. The SMILES string of the molecule is CCC(C)(C)C1CCc2nc(N)sc2C1.Cl. The molecule has 0 fully saturated rings. The second-order valence-corrected chi connectivity index (χ2v) is 6.32. The summed E-state index contributed by atoms with van der Waals surface area (Å²) in [5, 5.41) is 0.745. The largest absolute Gasteiger partial charge is 0.375 e. The number of hydrogen-bond acceptors (Lipinski definition) is 3. The number of aryl methyl sites for hydroxylation is 1. The summed E-state index contributed by atoms with van der Waals surface area (Å²) in [6.07, 6.45) is 4.83. The Balaban J connectivity index is 0.00000128. The van der Waals surface area contributed by atoms with Gasteiger partial charge in [-0.2, -0.15) is 0 Å². The van der Waals surface area contributed by atoms with E-state index in [0.29, 0.717) is 5.41 Å². The maximum Gasteiger partial charge on any atom is 0.180 e. The van der Waals surface area contributed by atoms with E-state index in [9.17, 15) is 0 Å². The smallest absolute Gasteiger partial charge is 0.180 e. The molecular formula is C12H21ClN2S. The van der Waals surface area contributed by atoms with Crippen molar-refractivity contribution in [1.82, 2.24) is 4.98 Å². The van der Waals surface area contributed by atoms with Crippen molar-refractivity contribution >= 4 is 28.9 Å². The molecule has 1 atom stereocenters. The number of thiazole rings is 1. The number of nitrogens with zero attached hydrogens (tertiary/aromatic N) is 1. The fraction of sp³-hybridized carbons (Fsp3) is 0.750. The van der Waals surface area contributed by atoms with E-state index in [1.54, 1.807) is 11.3 Å². The fourth-order valence-electron chi connectivity index (χ4n) is 2.35. The number of nitrogen functional groups attached to an aromatic ring is 1. The van der Waals surface area contributed by atoms with Gasteiger partial charge in [-0.15, -0.1) is 23.7 Å². The molecule has 1 unspecified atom stereocenters. The van der Waals surface area contributed by atoms with E-state index < -0.39 is 0 Å². The van der Waals surface area contributed by atoms with Gasteiger partial charge < -0.3 is 5.73 Å². The lowest BCUT2D eigenvalue weighted by molar-refractivity contribution is 0.183. The van der Waals surface area contributed by atoms with Crippen LogP contribution in [0.5, 0.6) is 0 Å². The van der Waals surface area contributed by atoms with E-state index in [2.05, 4.69) is 25.8 Å². The molecular weight excluding hydrogens is 240 g/mol. The molecule has 0 amide bonds. The third kappa shape index (κ3) is 2.51. The van der Waals surface area contributed by atoms with Crippen molar-refractivity contribution in [2.75, 3.05) is 5.73 Å². The Kier molecular flexibility index (Phi) is 4.24. The number of anilines is 1. The molecule has 1 aliphatic rings. The van der Waals surface area contributed by atoms with Crippen LogP contribution in [0.15, 0.2) is 0 Å². The Bertz CT molecular complexity index is 360. The zero-order valence-corrected chi connectivity index (χ0v) is 11.9. The van der Waals surface area contributed by atoms with Crippen LogP contribution in [0.25, 0.3) is 0 Å². The fourth-order valence-corrected chi connectivity index (χ4v) is 3.31. The van der Waals surface area contributed by atoms with Gasteiger partial charge in [-0.05, 0) is 30.6 Å². The average molecular weight is 261 g/mol. The van der Waals surface area contributed by atoms with Gasteiger partial charge in [-0.3, -0.25) is 0 Å². The van der Waals surface area contributed by atoms with E-state index in [1.165, 1.54) is 29.8 Å². The molecule has 92 valence electrons. The van der Waals surface area contributed by atoms with Crippen LogP contribution in [0.4, 0.5) is 5.13 Å². The number of hydrogen-bond donors (Lipinski definition) is 1. The average Bonchev–Trinajstić information content (AvgIpc) is 2.56. The second kappa shape index (κ2) is 4.92. The molecule has 2 N–H and O–H groups in total. The first kappa shape index (κ1) is 13.8. The van der Waals surface area contributed by atoms with E-state index in [-0.39, 0.29) is 12.4 Å². The van der Waals surface area contributed by atoms with Crippen molar-refractivity contribution in [2.45, 2.75) is 46.5 Å². The summed E-state index contributed by atoms with van der Waals surface area (Å²) in [5.41, 5.74) is 7.47. The molecule has 2 rings (SSSR count). The van der Waals surface area contributed by atoms with Gasteiger partial charge in [0.05, 0.1) is 5.69 Å². The van der Waals surface area contributed by atoms with E-state index in [1.807, 2.05) is 0 Å². The highest BCUT2D eigenvalue weighted by atomic mass is 35.5. The summed E-state index contributed by atoms with van der Waals surface area (Å²) in [6, 6.07) is 0. The highest BCUT2D eigenvalue weighted by molar-refractivity contribution is 7.15. The van der Waals surface area contributed by atoms with Crippen molar-refractivity contribution in [3.63, 3.8) is 0 Å². The minimum absolute atomic E-state index is 0. The first-order valence-corrected chi connectivity index (χ1v) is 6.58. The van der Waals surface area contributed by atoms with Gasteiger partial charge in [-0.1, -0.05) is 27.2 Å². The topological polar surface area (TPSA) is 38.9 Å². The summed E-state index contributed by atoms with van der Waals surface area (Å²) in [5.74, 6) is 0.801. The Morgan fingerprint density at radius 3 is 2.81 bits per heavy atom. The second-order valence-electron chi connectivity index (χ2n) is 5.20. The van der Waals surface area contributed by atoms with Crippen LogP contribution in [0.1, 0.15) is 44.2 Å². The first-order valence-electron chi connectivity index (χ1n) is 5.77. The van der Waals surface area contributed by atoms with Gasteiger partial charge in [0.2, 0.25) is 0 Å². The zero-order chi connectivity index (χ0) is 11.1. The summed E-state index contributed by atoms with van der Waals surface area (Å²) in [4.78, 5) is 5.83. The maximum absolute atomic E-state index is 5.75. The molecule has 0 saturated carbocycles. The lowest BCUT2D eigenvalue weighted by atomic mass is 9.70. The zero-order valence-electron chi connectivity index (χ0n) is 10.2.